The number of carbonyl (C=O) groups excluding carboxylic acids is 3. The van der Waals surface area contributed by atoms with Gasteiger partial charge in [0.05, 0.1) is 35.5 Å². The Hall–Kier alpha value is -3.74. The van der Waals surface area contributed by atoms with Crippen molar-refractivity contribution >= 4 is 29.3 Å². The van der Waals surface area contributed by atoms with E-state index < -0.39 is 0 Å². The predicted octanol–water partition coefficient (Wildman–Crippen LogP) is 1.49. The third-order valence-corrected chi connectivity index (χ3v) is 7.79. The molecule has 0 radical (unpaired) electrons. The largest absolute Gasteiger partial charge is 0.393 e. The molecule has 1 aromatic heterocycles. The third kappa shape index (κ3) is 18.9. The van der Waals surface area contributed by atoms with Gasteiger partial charge in [0.2, 0.25) is 18.2 Å². The highest BCUT2D eigenvalue weighted by atomic mass is 16.3. The molecule has 3 fully saturated rings. The quantitative estimate of drug-likeness (QED) is 0.173. The molecule has 3 aliphatic rings. The zero-order valence-corrected chi connectivity index (χ0v) is 27.9. The molecule has 6 atom stereocenters. The minimum absolute atomic E-state index is 0.0498. The number of aryl methyl sites for hydroxylation is 1. The van der Waals surface area contributed by atoms with Crippen LogP contribution in [0.15, 0.2) is 29.2 Å². The number of isocyanates is 3. The summed E-state index contributed by atoms with van der Waals surface area (Å²) in [6, 6.07) is 7.37. The average molecular weight is 661 g/mol. The lowest BCUT2D eigenvalue weighted by Crippen LogP contribution is -2.44. The molecule has 15 nitrogen and oxygen atoms in total. The van der Waals surface area contributed by atoms with Gasteiger partial charge in [-0.3, -0.25) is 9.69 Å². The Balaban J connectivity index is 0.000000693. The Bertz CT molecular complexity index is 1260. The predicted molar refractivity (Wildman–Crippen MR) is 178 cm³/mol. The van der Waals surface area contributed by atoms with Gasteiger partial charge >= 0.3 is 0 Å². The fraction of sp³-hybridized carbons (Fsp3) is 0.656. The zero-order chi connectivity index (χ0) is 35.8. The molecule has 1 aromatic carbocycles. The van der Waals surface area contributed by atoms with Crippen molar-refractivity contribution in [1.29, 1.82) is 16.2 Å². The molecule has 3 aliphatic heterocycles. The molecular weight excluding hydrogens is 608 g/mol. The first-order valence-corrected chi connectivity index (χ1v) is 15.7. The number of aliphatic hydroxyl groups is 3. The standard InChI is InChI=1S/C17H23N3O2.2C6H13NO.3CHNO/c1-12-3-4-15-16(9-12)20(17(22)11-18-15)8-7-19-6-5-14(21)10-13(19)2;2*1-5-4-6(8)2-3-7-5;3*2-1-3/h3-4,9,11,13-14,21H,5-8,10H2,1-2H3;2*5-8H,2-4H2,1H3;3*2H. The summed E-state index contributed by atoms with van der Waals surface area (Å²) in [5.74, 6) is 0. The van der Waals surface area contributed by atoms with Gasteiger partial charge in [0.1, 0.15) is 0 Å². The molecule has 0 amide bonds. The number of likely N-dealkylation sites (tertiary alicyclic amines) is 1. The fourth-order valence-corrected chi connectivity index (χ4v) is 5.47. The Labute approximate surface area is 275 Å². The zero-order valence-electron chi connectivity index (χ0n) is 27.9. The summed E-state index contributed by atoms with van der Waals surface area (Å²) in [6.45, 7) is 12.7. The van der Waals surface area contributed by atoms with Crippen LogP contribution in [-0.2, 0) is 20.9 Å². The molecule has 0 aliphatic carbocycles. The van der Waals surface area contributed by atoms with Crippen LogP contribution in [0.3, 0.4) is 0 Å². The molecule has 0 spiro atoms. The highest BCUT2D eigenvalue weighted by molar-refractivity contribution is 5.75. The van der Waals surface area contributed by atoms with E-state index in [1.54, 1.807) is 0 Å². The van der Waals surface area contributed by atoms with Gasteiger partial charge < -0.3 is 30.5 Å². The van der Waals surface area contributed by atoms with E-state index in [1.807, 2.05) is 29.7 Å². The monoisotopic (exact) mass is 660 g/mol. The summed E-state index contributed by atoms with van der Waals surface area (Å²) in [6.07, 6.45) is 8.67. The van der Waals surface area contributed by atoms with Crippen LogP contribution in [0.5, 0.6) is 0 Å². The van der Waals surface area contributed by atoms with Crippen LogP contribution in [0.2, 0.25) is 0 Å². The van der Waals surface area contributed by atoms with E-state index in [0.717, 1.165) is 99.5 Å². The van der Waals surface area contributed by atoms with Gasteiger partial charge in [-0.25, -0.2) is 35.6 Å². The lowest BCUT2D eigenvalue weighted by molar-refractivity contribution is 0.0467. The maximum absolute atomic E-state index is 12.2. The molecule has 8 N–H and O–H groups in total. The van der Waals surface area contributed by atoms with Crippen LogP contribution in [0.4, 0.5) is 0 Å². The Morgan fingerprint density at radius 2 is 1.32 bits per heavy atom. The van der Waals surface area contributed by atoms with E-state index in [4.69, 9.17) is 40.8 Å². The number of fused-ring (bicyclic) bond motifs is 1. The smallest absolute Gasteiger partial charge is 0.269 e. The van der Waals surface area contributed by atoms with Crippen LogP contribution in [0.25, 0.3) is 11.0 Å². The number of hydrogen-bond donors (Lipinski definition) is 8. The van der Waals surface area contributed by atoms with Crippen LogP contribution in [0.1, 0.15) is 64.9 Å². The van der Waals surface area contributed by atoms with Gasteiger partial charge in [-0.05, 0) is 97.0 Å². The topological polar surface area (TPSA) is 246 Å². The molecule has 5 rings (SSSR count). The molecule has 4 heterocycles. The summed E-state index contributed by atoms with van der Waals surface area (Å²) in [5.41, 5.74) is 2.83. The number of rotatable bonds is 3. The van der Waals surface area contributed by atoms with Crippen molar-refractivity contribution in [2.24, 2.45) is 0 Å². The van der Waals surface area contributed by atoms with E-state index in [9.17, 15) is 9.90 Å². The summed E-state index contributed by atoms with van der Waals surface area (Å²) < 4.78 is 1.81. The SMILES string of the molecule is CC1CC(O)CCN1.CC1CC(O)CCN1.Cc1ccc2ncc(=O)n(CCN3CCC(O)CC3C)c2c1.N=C=O.N=C=O.N=C=O. The second-order valence-corrected chi connectivity index (χ2v) is 11.7. The first-order chi connectivity index (χ1) is 22.4. The second-order valence-electron chi connectivity index (χ2n) is 11.7. The first-order valence-electron chi connectivity index (χ1n) is 15.7. The number of benzene rings is 1. The number of hydrogen-bond acceptors (Lipinski definition) is 14. The van der Waals surface area contributed by atoms with E-state index >= 15 is 0 Å². The van der Waals surface area contributed by atoms with Crippen molar-refractivity contribution < 1.29 is 29.7 Å². The molecule has 2 aromatic rings. The number of nitrogens with one attached hydrogen (secondary N) is 5. The summed E-state index contributed by atoms with van der Waals surface area (Å²) in [4.78, 5) is 43.8. The fourth-order valence-electron chi connectivity index (χ4n) is 5.47. The number of aromatic nitrogens is 2. The van der Waals surface area contributed by atoms with E-state index in [2.05, 4.69) is 41.3 Å². The first kappa shape index (κ1) is 43.3. The van der Waals surface area contributed by atoms with Gasteiger partial charge in [0, 0.05) is 37.8 Å². The second kappa shape index (κ2) is 25.4. The normalized spacial score (nSPS) is 24.8. The van der Waals surface area contributed by atoms with Crippen LogP contribution >= 0.6 is 0 Å². The van der Waals surface area contributed by atoms with Crippen LogP contribution in [-0.4, -0.2) is 111 Å². The van der Waals surface area contributed by atoms with Gasteiger partial charge in [-0.1, -0.05) is 6.07 Å². The number of piperidine rings is 3. The maximum atomic E-state index is 12.2. The molecule has 6 unspecified atom stereocenters. The van der Waals surface area contributed by atoms with Crippen molar-refractivity contribution in [3.05, 3.63) is 40.3 Å². The Kier molecular flexibility index (Phi) is 23.3. The summed E-state index contributed by atoms with van der Waals surface area (Å²) in [7, 11) is 0. The molecule has 262 valence electrons. The number of nitrogens with zero attached hydrogens (tertiary/aromatic N) is 3. The number of aliphatic hydroxyl groups excluding tert-OH is 3. The summed E-state index contributed by atoms with van der Waals surface area (Å²) >= 11 is 0. The van der Waals surface area contributed by atoms with E-state index in [1.165, 1.54) is 6.20 Å². The van der Waals surface area contributed by atoms with Gasteiger partial charge in [-0.2, -0.15) is 0 Å². The highest BCUT2D eigenvalue weighted by Gasteiger charge is 2.23. The molecule has 47 heavy (non-hydrogen) atoms. The molecule has 15 heteroatoms. The van der Waals surface area contributed by atoms with Gasteiger partial charge in [0.15, 0.2) is 0 Å². The Morgan fingerprint density at radius 1 is 0.830 bits per heavy atom. The maximum Gasteiger partial charge on any atom is 0.269 e. The molecule has 0 bridgehead atoms. The third-order valence-electron chi connectivity index (χ3n) is 7.79. The highest BCUT2D eigenvalue weighted by Crippen LogP contribution is 2.18. The van der Waals surface area contributed by atoms with Crippen molar-refractivity contribution in [2.45, 2.75) is 109 Å². The average Bonchev–Trinajstić information content (AvgIpc) is 2.99. The lowest BCUT2D eigenvalue weighted by Gasteiger charge is -2.35. The Morgan fingerprint density at radius 3 is 1.74 bits per heavy atom. The van der Waals surface area contributed by atoms with E-state index in [-0.39, 0.29) is 23.9 Å². The van der Waals surface area contributed by atoms with Crippen molar-refractivity contribution in [2.75, 3.05) is 26.2 Å². The lowest BCUT2D eigenvalue weighted by atomic mass is 10.0. The van der Waals surface area contributed by atoms with Crippen molar-refractivity contribution in [3.8, 4) is 0 Å². The van der Waals surface area contributed by atoms with Crippen LogP contribution < -0.4 is 16.2 Å². The summed E-state index contributed by atoms with van der Waals surface area (Å²) in [5, 5.41) is 50.5. The van der Waals surface area contributed by atoms with Crippen molar-refractivity contribution in [3.63, 3.8) is 0 Å². The van der Waals surface area contributed by atoms with Crippen molar-refractivity contribution in [1.82, 2.24) is 25.1 Å². The van der Waals surface area contributed by atoms with Gasteiger partial charge in [0.25, 0.3) is 5.56 Å². The molecule has 3 saturated heterocycles. The minimum atomic E-state index is -0.182. The molecule has 0 saturated carbocycles. The van der Waals surface area contributed by atoms with E-state index in [0.29, 0.717) is 24.7 Å². The van der Waals surface area contributed by atoms with Crippen LogP contribution in [0, 0.1) is 23.2 Å². The van der Waals surface area contributed by atoms with Gasteiger partial charge in [-0.15, -0.1) is 0 Å². The minimum Gasteiger partial charge on any atom is -0.393 e. The molecular formula is C32H52N8O7.